The molecular weight excluding hydrogens is 184 g/mol. The summed E-state index contributed by atoms with van der Waals surface area (Å²) in [7, 11) is 0. The van der Waals surface area contributed by atoms with E-state index in [4.69, 9.17) is 5.73 Å². The van der Waals surface area contributed by atoms with Gasteiger partial charge in [0.15, 0.2) is 0 Å². The molecule has 0 aromatic heterocycles. The van der Waals surface area contributed by atoms with Crippen LogP contribution in [0.1, 0.15) is 40.0 Å². The lowest BCUT2D eigenvalue weighted by molar-refractivity contribution is 0.446. The maximum Gasteiger partial charge on any atom is 0.0256 e. The van der Waals surface area contributed by atoms with Gasteiger partial charge >= 0.3 is 0 Å². The molecule has 0 saturated carbocycles. The van der Waals surface area contributed by atoms with E-state index >= 15 is 0 Å². The van der Waals surface area contributed by atoms with Crippen molar-refractivity contribution in [3.05, 3.63) is 24.9 Å². The molecule has 0 radical (unpaired) electrons. The van der Waals surface area contributed by atoms with Gasteiger partial charge in [0.1, 0.15) is 0 Å². The standard InChI is InChI=1S/C13H26N2/c1-6-15-10-8-7-9-12(14)11(2)13(3,4)5/h6,12,15H,1-2,7-10,14H2,3-5H3. The molecule has 0 aliphatic heterocycles. The molecule has 0 aromatic rings. The topological polar surface area (TPSA) is 38.0 Å². The van der Waals surface area contributed by atoms with E-state index in [2.05, 4.69) is 39.2 Å². The zero-order chi connectivity index (χ0) is 11.9. The molecule has 1 unspecified atom stereocenters. The largest absolute Gasteiger partial charge is 0.391 e. The average Bonchev–Trinajstić information content (AvgIpc) is 2.14. The fourth-order valence-corrected chi connectivity index (χ4v) is 1.42. The highest BCUT2D eigenvalue weighted by Crippen LogP contribution is 2.27. The van der Waals surface area contributed by atoms with E-state index in [1.54, 1.807) is 6.20 Å². The van der Waals surface area contributed by atoms with Crippen LogP contribution in [0.25, 0.3) is 0 Å². The maximum absolute atomic E-state index is 6.08. The summed E-state index contributed by atoms with van der Waals surface area (Å²) in [5.74, 6) is 0. The summed E-state index contributed by atoms with van der Waals surface area (Å²) in [5, 5.41) is 3.08. The van der Waals surface area contributed by atoms with Crippen LogP contribution in [0, 0.1) is 5.41 Å². The first-order valence-electron chi connectivity index (χ1n) is 5.68. The molecule has 0 bridgehead atoms. The third-order valence-corrected chi connectivity index (χ3v) is 2.64. The first kappa shape index (κ1) is 14.2. The summed E-state index contributed by atoms with van der Waals surface area (Å²) < 4.78 is 0. The van der Waals surface area contributed by atoms with Gasteiger partial charge in [-0.3, -0.25) is 0 Å². The van der Waals surface area contributed by atoms with Gasteiger partial charge in [0.2, 0.25) is 0 Å². The van der Waals surface area contributed by atoms with Crippen molar-refractivity contribution in [2.75, 3.05) is 6.54 Å². The van der Waals surface area contributed by atoms with Crippen LogP contribution in [0.5, 0.6) is 0 Å². The van der Waals surface area contributed by atoms with Gasteiger partial charge in [-0.05, 0) is 30.9 Å². The summed E-state index contributed by atoms with van der Waals surface area (Å²) in [4.78, 5) is 0. The SMILES string of the molecule is C=CNCCCCC(N)C(=C)C(C)(C)C. The molecule has 15 heavy (non-hydrogen) atoms. The van der Waals surface area contributed by atoms with E-state index in [-0.39, 0.29) is 11.5 Å². The first-order valence-corrected chi connectivity index (χ1v) is 5.68. The molecule has 0 aromatic carbocycles. The molecule has 1 atom stereocenters. The van der Waals surface area contributed by atoms with E-state index in [0.29, 0.717) is 0 Å². The number of hydrogen-bond acceptors (Lipinski definition) is 2. The van der Waals surface area contributed by atoms with Crippen LogP contribution in [0.2, 0.25) is 0 Å². The average molecular weight is 210 g/mol. The van der Waals surface area contributed by atoms with Crippen molar-refractivity contribution in [1.82, 2.24) is 5.32 Å². The van der Waals surface area contributed by atoms with E-state index in [0.717, 1.165) is 31.4 Å². The molecule has 0 spiro atoms. The highest BCUT2D eigenvalue weighted by molar-refractivity contribution is 5.12. The molecule has 88 valence electrons. The van der Waals surface area contributed by atoms with Crippen LogP contribution >= 0.6 is 0 Å². The molecule has 0 aliphatic rings. The van der Waals surface area contributed by atoms with Crippen molar-refractivity contribution in [3.8, 4) is 0 Å². The van der Waals surface area contributed by atoms with Gasteiger partial charge < -0.3 is 11.1 Å². The molecule has 3 N–H and O–H groups in total. The molecular formula is C13H26N2. The van der Waals surface area contributed by atoms with E-state index in [1.807, 2.05) is 0 Å². The summed E-state index contributed by atoms with van der Waals surface area (Å²) >= 11 is 0. The predicted octanol–water partition coefficient (Wildman–Crippen LogP) is 2.82. The Hall–Kier alpha value is -0.760. The predicted molar refractivity (Wildman–Crippen MR) is 68.6 cm³/mol. The van der Waals surface area contributed by atoms with E-state index < -0.39 is 0 Å². The molecule has 0 rings (SSSR count). The van der Waals surface area contributed by atoms with Crippen LogP contribution in [0.15, 0.2) is 24.9 Å². The number of nitrogens with one attached hydrogen (secondary N) is 1. The van der Waals surface area contributed by atoms with Crippen molar-refractivity contribution >= 4 is 0 Å². The van der Waals surface area contributed by atoms with Gasteiger partial charge in [0, 0.05) is 12.6 Å². The van der Waals surface area contributed by atoms with E-state index in [1.165, 1.54) is 0 Å². The third-order valence-electron chi connectivity index (χ3n) is 2.64. The van der Waals surface area contributed by atoms with Crippen LogP contribution in [0.3, 0.4) is 0 Å². The third kappa shape index (κ3) is 6.34. The zero-order valence-corrected chi connectivity index (χ0v) is 10.5. The Labute approximate surface area is 94.6 Å². The van der Waals surface area contributed by atoms with Crippen LogP contribution in [0.4, 0.5) is 0 Å². The quantitative estimate of drug-likeness (QED) is 0.501. The van der Waals surface area contributed by atoms with Crippen molar-refractivity contribution in [2.24, 2.45) is 11.1 Å². The first-order chi connectivity index (χ1) is 6.89. The lowest BCUT2D eigenvalue weighted by Gasteiger charge is -2.27. The lowest BCUT2D eigenvalue weighted by Crippen LogP contribution is -2.29. The van der Waals surface area contributed by atoms with Gasteiger partial charge in [-0.15, -0.1) is 0 Å². The number of rotatable bonds is 7. The molecule has 2 heteroatoms. The normalized spacial score (nSPS) is 13.3. The fourth-order valence-electron chi connectivity index (χ4n) is 1.42. The van der Waals surface area contributed by atoms with Crippen molar-refractivity contribution in [1.29, 1.82) is 0 Å². The van der Waals surface area contributed by atoms with Crippen molar-refractivity contribution in [3.63, 3.8) is 0 Å². The molecule has 0 saturated heterocycles. The monoisotopic (exact) mass is 210 g/mol. The van der Waals surface area contributed by atoms with Gasteiger partial charge in [-0.2, -0.15) is 0 Å². The minimum absolute atomic E-state index is 0.124. The maximum atomic E-state index is 6.08. The van der Waals surface area contributed by atoms with Gasteiger partial charge in [-0.1, -0.05) is 39.5 Å². The minimum atomic E-state index is 0.124. The van der Waals surface area contributed by atoms with Gasteiger partial charge in [-0.25, -0.2) is 0 Å². The van der Waals surface area contributed by atoms with Crippen LogP contribution in [-0.2, 0) is 0 Å². The molecule has 0 heterocycles. The van der Waals surface area contributed by atoms with E-state index in [9.17, 15) is 0 Å². The second-order valence-corrected chi connectivity index (χ2v) is 5.04. The molecule has 0 amide bonds. The second-order valence-electron chi connectivity index (χ2n) is 5.04. The Morgan fingerprint density at radius 3 is 2.47 bits per heavy atom. The summed E-state index contributed by atoms with van der Waals surface area (Å²) in [6, 6.07) is 0.133. The smallest absolute Gasteiger partial charge is 0.0256 e. The molecule has 0 fully saturated rings. The van der Waals surface area contributed by atoms with Crippen LogP contribution in [-0.4, -0.2) is 12.6 Å². The molecule has 0 aliphatic carbocycles. The minimum Gasteiger partial charge on any atom is -0.391 e. The molecule has 2 nitrogen and oxygen atoms in total. The van der Waals surface area contributed by atoms with Gasteiger partial charge in [0.05, 0.1) is 0 Å². The summed E-state index contributed by atoms with van der Waals surface area (Å²) in [6.45, 7) is 15.2. The Bertz CT molecular complexity index is 201. The summed E-state index contributed by atoms with van der Waals surface area (Å²) in [5.41, 5.74) is 7.35. The number of hydrogen-bond donors (Lipinski definition) is 2. The Morgan fingerprint density at radius 2 is 2.00 bits per heavy atom. The van der Waals surface area contributed by atoms with Gasteiger partial charge in [0.25, 0.3) is 0 Å². The second kappa shape index (κ2) is 6.67. The van der Waals surface area contributed by atoms with Crippen molar-refractivity contribution < 1.29 is 0 Å². The van der Waals surface area contributed by atoms with Crippen molar-refractivity contribution in [2.45, 2.75) is 46.1 Å². The number of nitrogens with two attached hydrogens (primary N) is 1. The van der Waals surface area contributed by atoms with Crippen LogP contribution < -0.4 is 11.1 Å². The fraction of sp³-hybridized carbons (Fsp3) is 0.692. The Balaban J connectivity index is 3.70. The number of unbranched alkanes of at least 4 members (excludes halogenated alkanes) is 1. The Kier molecular flexibility index (Phi) is 6.34. The summed E-state index contributed by atoms with van der Waals surface area (Å²) in [6.07, 6.45) is 5.02. The lowest BCUT2D eigenvalue weighted by atomic mass is 9.82. The zero-order valence-electron chi connectivity index (χ0n) is 10.5. The Morgan fingerprint density at radius 1 is 1.40 bits per heavy atom. The highest BCUT2D eigenvalue weighted by atomic mass is 14.8. The highest BCUT2D eigenvalue weighted by Gasteiger charge is 2.20.